The van der Waals surface area contributed by atoms with Crippen LogP contribution in [0, 0.1) is 20.8 Å². The molecule has 0 bridgehead atoms. The van der Waals surface area contributed by atoms with Crippen LogP contribution >= 0.6 is 0 Å². The van der Waals surface area contributed by atoms with E-state index in [-0.39, 0.29) is 5.91 Å². The van der Waals surface area contributed by atoms with Gasteiger partial charge >= 0.3 is 0 Å². The molecule has 0 aliphatic carbocycles. The second-order valence-corrected chi connectivity index (χ2v) is 6.53. The van der Waals surface area contributed by atoms with Crippen LogP contribution in [0.1, 0.15) is 27.0 Å². The molecule has 5 heteroatoms. The van der Waals surface area contributed by atoms with Gasteiger partial charge in [-0.25, -0.2) is 4.98 Å². The van der Waals surface area contributed by atoms with Crippen molar-refractivity contribution in [1.29, 1.82) is 0 Å². The number of pyridine rings is 1. The first-order valence-electron chi connectivity index (χ1n) is 8.72. The second-order valence-electron chi connectivity index (χ2n) is 6.53. The summed E-state index contributed by atoms with van der Waals surface area (Å²) in [6.45, 7) is 6.03. The number of ether oxygens (including phenoxy) is 1. The second kappa shape index (κ2) is 7.91. The SMILES string of the molecule is COc1ccc(C)cc1NC(=O)c1ccnc(Nc2cc(C)ccc2C)c1. The molecule has 0 saturated heterocycles. The Kier molecular flexibility index (Phi) is 5.41. The van der Waals surface area contributed by atoms with Crippen molar-refractivity contribution in [2.75, 3.05) is 17.7 Å². The molecule has 1 heterocycles. The summed E-state index contributed by atoms with van der Waals surface area (Å²) in [4.78, 5) is 17.0. The van der Waals surface area contributed by atoms with E-state index in [1.54, 1.807) is 25.4 Å². The number of nitrogens with zero attached hydrogens (tertiary/aromatic N) is 1. The molecule has 3 rings (SSSR count). The number of hydrogen-bond acceptors (Lipinski definition) is 4. The molecule has 0 saturated carbocycles. The van der Waals surface area contributed by atoms with Crippen LogP contribution in [0.2, 0.25) is 0 Å². The zero-order chi connectivity index (χ0) is 19.4. The van der Waals surface area contributed by atoms with Gasteiger partial charge in [-0.2, -0.15) is 0 Å². The maximum Gasteiger partial charge on any atom is 0.255 e. The van der Waals surface area contributed by atoms with Crippen LogP contribution in [0.3, 0.4) is 0 Å². The minimum Gasteiger partial charge on any atom is -0.495 e. The number of rotatable bonds is 5. The van der Waals surface area contributed by atoms with E-state index >= 15 is 0 Å². The van der Waals surface area contributed by atoms with E-state index in [0.29, 0.717) is 22.8 Å². The van der Waals surface area contributed by atoms with Crippen molar-refractivity contribution >= 4 is 23.1 Å². The summed E-state index contributed by atoms with van der Waals surface area (Å²) in [7, 11) is 1.58. The van der Waals surface area contributed by atoms with E-state index in [1.165, 1.54) is 0 Å². The zero-order valence-electron chi connectivity index (χ0n) is 16.0. The lowest BCUT2D eigenvalue weighted by Gasteiger charge is -2.13. The first kappa shape index (κ1) is 18.5. The number of aromatic nitrogens is 1. The Morgan fingerprint density at radius 3 is 2.37 bits per heavy atom. The zero-order valence-corrected chi connectivity index (χ0v) is 16.0. The number of aryl methyl sites for hydroxylation is 3. The van der Waals surface area contributed by atoms with Gasteiger partial charge in [-0.3, -0.25) is 4.79 Å². The molecule has 0 fully saturated rings. The Labute approximate surface area is 159 Å². The molecular weight excluding hydrogens is 338 g/mol. The number of carbonyl (C=O) groups is 1. The molecule has 2 aromatic carbocycles. The van der Waals surface area contributed by atoms with Crippen molar-refractivity contribution in [3.05, 3.63) is 77.0 Å². The van der Waals surface area contributed by atoms with Crippen molar-refractivity contribution in [2.45, 2.75) is 20.8 Å². The van der Waals surface area contributed by atoms with Crippen LogP contribution in [0.4, 0.5) is 17.2 Å². The molecule has 1 amide bonds. The summed E-state index contributed by atoms with van der Waals surface area (Å²) in [6.07, 6.45) is 1.62. The van der Waals surface area contributed by atoms with Crippen molar-refractivity contribution in [2.24, 2.45) is 0 Å². The van der Waals surface area contributed by atoms with Gasteiger partial charge < -0.3 is 15.4 Å². The maximum atomic E-state index is 12.7. The number of benzene rings is 2. The molecular formula is C22H23N3O2. The fourth-order valence-electron chi connectivity index (χ4n) is 2.76. The van der Waals surface area contributed by atoms with Crippen molar-refractivity contribution in [1.82, 2.24) is 4.98 Å². The van der Waals surface area contributed by atoms with Gasteiger partial charge in [0.15, 0.2) is 0 Å². The van der Waals surface area contributed by atoms with Gasteiger partial charge in [-0.1, -0.05) is 18.2 Å². The van der Waals surface area contributed by atoms with Crippen LogP contribution in [0.25, 0.3) is 0 Å². The monoisotopic (exact) mass is 361 g/mol. The van der Waals surface area contributed by atoms with Crippen molar-refractivity contribution < 1.29 is 9.53 Å². The maximum absolute atomic E-state index is 12.7. The van der Waals surface area contributed by atoms with E-state index in [9.17, 15) is 4.79 Å². The molecule has 0 unspecified atom stereocenters. The Morgan fingerprint density at radius 2 is 1.63 bits per heavy atom. The quantitative estimate of drug-likeness (QED) is 0.670. The highest BCUT2D eigenvalue weighted by Gasteiger charge is 2.11. The first-order chi connectivity index (χ1) is 13.0. The summed E-state index contributed by atoms with van der Waals surface area (Å²) in [5, 5.41) is 6.20. The van der Waals surface area contributed by atoms with Gasteiger partial charge in [0.1, 0.15) is 11.6 Å². The lowest BCUT2D eigenvalue weighted by molar-refractivity contribution is 0.102. The number of hydrogen-bond donors (Lipinski definition) is 2. The lowest BCUT2D eigenvalue weighted by atomic mass is 10.1. The first-order valence-corrected chi connectivity index (χ1v) is 8.72. The van der Waals surface area contributed by atoms with Gasteiger partial charge in [0.2, 0.25) is 0 Å². The predicted molar refractivity (Wildman–Crippen MR) is 109 cm³/mol. The Balaban J connectivity index is 1.82. The molecule has 0 spiro atoms. The van der Waals surface area contributed by atoms with Gasteiger partial charge in [0, 0.05) is 17.4 Å². The molecule has 0 aliphatic heterocycles. The van der Waals surface area contributed by atoms with Crippen LogP contribution in [0.5, 0.6) is 5.75 Å². The highest BCUT2D eigenvalue weighted by Crippen LogP contribution is 2.26. The fraction of sp³-hybridized carbons (Fsp3) is 0.182. The topological polar surface area (TPSA) is 63.2 Å². The smallest absolute Gasteiger partial charge is 0.255 e. The van der Waals surface area contributed by atoms with E-state index < -0.39 is 0 Å². The Morgan fingerprint density at radius 1 is 0.926 bits per heavy atom. The van der Waals surface area contributed by atoms with Crippen molar-refractivity contribution in [3.63, 3.8) is 0 Å². The highest BCUT2D eigenvalue weighted by molar-refractivity contribution is 6.05. The molecule has 0 aliphatic rings. The average molecular weight is 361 g/mol. The molecule has 138 valence electrons. The average Bonchev–Trinajstić information content (AvgIpc) is 2.65. The molecule has 27 heavy (non-hydrogen) atoms. The highest BCUT2D eigenvalue weighted by atomic mass is 16.5. The van der Waals surface area contributed by atoms with E-state index in [2.05, 4.69) is 33.8 Å². The summed E-state index contributed by atoms with van der Waals surface area (Å²) in [5.74, 6) is 1.02. The molecule has 5 nitrogen and oxygen atoms in total. The molecule has 3 aromatic rings. The molecule has 2 N–H and O–H groups in total. The minimum atomic E-state index is -0.217. The van der Waals surface area contributed by atoms with Gasteiger partial charge in [0.25, 0.3) is 5.91 Å². The number of carbonyl (C=O) groups excluding carboxylic acids is 1. The lowest BCUT2D eigenvalue weighted by Crippen LogP contribution is -2.13. The molecule has 0 radical (unpaired) electrons. The van der Waals surface area contributed by atoms with E-state index in [1.807, 2.05) is 39.0 Å². The molecule has 1 aromatic heterocycles. The van der Waals surface area contributed by atoms with Crippen LogP contribution < -0.4 is 15.4 Å². The van der Waals surface area contributed by atoms with Crippen LogP contribution in [-0.4, -0.2) is 18.0 Å². The van der Waals surface area contributed by atoms with Crippen molar-refractivity contribution in [3.8, 4) is 5.75 Å². The van der Waals surface area contributed by atoms with Crippen LogP contribution in [0.15, 0.2) is 54.7 Å². The summed E-state index contributed by atoms with van der Waals surface area (Å²) >= 11 is 0. The van der Waals surface area contributed by atoms with Gasteiger partial charge in [-0.15, -0.1) is 0 Å². The fourth-order valence-corrected chi connectivity index (χ4v) is 2.76. The summed E-state index contributed by atoms with van der Waals surface area (Å²) in [5.41, 5.74) is 5.44. The van der Waals surface area contributed by atoms with E-state index in [0.717, 1.165) is 22.4 Å². The number of anilines is 3. The van der Waals surface area contributed by atoms with E-state index in [4.69, 9.17) is 4.74 Å². The largest absolute Gasteiger partial charge is 0.495 e. The normalized spacial score (nSPS) is 10.4. The predicted octanol–water partition coefficient (Wildman–Crippen LogP) is 5.01. The number of amides is 1. The molecule has 0 atom stereocenters. The van der Waals surface area contributed by atoms with Crippen LogP contribution in [-0.2, 0) is 0 Å². The number of nitrogens with one attached hydrogen (secondary N) is 2. The number of methoxy groups -OCH3 is 1. The third-order valence-electron chi connectivity index (χ3n) is 4.28. The Hall–Kier alpha value is -3.34. The standard InChI is InChI=1S/C22H23N3O2/c1-14-5-7-16(3)18(11-14)24-21-13-17(9-10-23-21)22(26)25-19-12-15(2)6-8-20(19)27-4/h5-13H,1-4H3,(H,23,24)(H,25,26). The van der Waals surface area contributed by atoms with Gasteiger partial charge in [0.05, 0.1) is 12.8 Å². The third kappa shape index (κ3) is 4.44. The summed E-state index contributed by atoms with van der Waals surface area (Å²) < 4.78 is 5.32. The third-order valence-corrected chi connectivity index (χ3v) is 4.28. The Bertz CT molecular complexity index is 983. The minimum absolute atomic E-state index is 0.217. The van der Waals surface area contributed by atoms with Gasteiger partial charge in [-0.05, 0) is 67.8 Å². The summed E-state index contributed by atoms with van der Waals surface area (Å²) in [6, 6.07) is 15.3.